The molecule has 0 aromatic heterocycles. The Balaban J connectivity index is 3.13. The zero-order chi connectivity index (χ0) is 13.7. The van der Waals surface area contributed by atoms with Crippen molar-refractivity contribution in [2.75, 3.05) is 7.11 Å². The van der Waals surface area contributed by atoms with E-state index < -0.39 is 22.3 Å². The summed E-state index contributed by atoms with van der Waals surface area (Å²) in [5.41, 5.74) is -0.281. The number of carbonyl (C=O) groups excluding carboxylic acids is 1. The van der Waals surface area contributed by atoms with Gasteiger partial charge in [0.25, 0.3) is 0 Å². The molecular weight excluding hydrogens is 244 g/mol. The van der Waals surface area contributed by atoms with Crippen LogP contribution in [0.2, 0.25) is 0 Å². The Hall–Kier alpha value is -2.64. The third kappa shape index (κ3) is 3.17. The molecule has 0 unspecified atom stereocenters. The van der Waals surface area contributed by atoms with Crippen molar-refractivity contribution in [1.29, 1.82) is 0 Å². The molecule has 0 radical (unpaired) electrons. The maximum absolute atomic E-state index is 10.7. The van der Waals surface area contributed by atoms with Gasteiger partial charge < -0.3 is 14.7 Å². The van der Waals surface area contributed by atoms with Gasteiger partial charge in [0.15, 0.2) is 5.75 Å². The second-order valence-corrected chi connectivity index (χ2v) is 3.17. The van der Waals surface area contributed by atoms with Gasteiger partial charge in [-0.15, -0.1) is 0 Å². The minimum Gasteiger partial charge on any atom is -0.500 e. The van der Waals surface area contributed by atoms with Crippen molar-refractivity contribution in [1.82, 2.24) is 0 Å². The molecule has 0 bridgehead atoms. The lowest BCUT2D eigenvalue weighted by atomic mass is 10.2. The van der Waals surface area contributed by atoms with E-state index in [1.54, 1.807) is 0 Å². The Bertz CT molecular complexity index is 511. The molecule has 0 spiro atoms. The number of rotatable bonds is 4. The quantitative estimate of drug-likeness (QED) is 0.374. The number of methoxy groups -OCH3 is 1. The molecule has 0 aliphatic heterocycles. The van der Waals surface area contributed by atoms with Gasteiger partial charge in [0, 0.05) is 18.6 Å². The van der Waals surface area contributed by atoms with E-state index in [0.29, 0.717) is 0 Å². The summed E-state index contributed by atoms with van der Waals surface area (Å²) < 4.78 is 4.78. The Morgan fingerprint density at radius 3 is 2.72 bits per heavy atom. The van der Waals surface area contributed by atoms with Crippen LogP contribution in [0.15, 0.2) is 17.3 Å². The van der Waals surface area contributed by atoms with Crippen LogP contribution in [0, 0.1) is 10.1 Å². The zero-order valence-corrected chi connectivity index (χ0v) is 9.61. The number of phenols is 1. The molecule has 1 aromatic rings. The van der Waals surface area contributed by atoms with Crippen molar-refractivity contribution in [3.05, 3.63) is 27.8 Å². The van der Waals surface area contributed by atoms with Crippen LogP contribution < -0.4 is 4.74 Å². The zero-order valence-electron chi connectivity index (χ0n) is 9.61. The maximum atomic E-state index is 10.7. The molecule has 0 saturated heterocycles. The van der Waals surface area contributed by atoms with Crippen molar-refractivity contribution >= 4 is 17.9 Å². The van der Waals surface area contributed by atoms with E-state index >= 15 is 0 Å². The Kier molecular flexibility index (Phi) is 4.19. The summed E-state index contributed by atoms with van der Waals surface area (Å²) in [5, 5.41) is 23.5. The number of hydrogen-bond donors (Lipinski definition) is 1. The van der Waals surface area contributed by atoms with Gasteiger partial charge in [-0.05, 0) is 6.07 Å². The van der Waals surface area contributed by atoms with Gasteiger partial charge in [0.2, 0.25) is 5.75 Å². The Labute approximate surface area is 102 Å². The predicted octanol–water partition coefficient (Wildman–Crippen LogP) is 1.21. The molecule has 0 atom stereocenters. The second kappa shape index (κ2) is 5.62. The van der Waals surface area contributed by atoms with Crippen LogP contribution in [0.1, 0.15) is 12.5 Å². The number of nitro groups is 1. The number of carbonyl (C=O) groups is 1. The van der Waals surface area contributed by atoms with E-state index in [0.717, 1.165) is 19.2 Å². The van der Waals surface area contributed by atoms with Gasteiger partial charge in [-0.25, -0.2) is 4.79 Å². The van der Waals surface area contributed by atoms with Crippen LogP contribution in [-0.2, 0) is 9.63 Å². The van der Waals surface area contributed by atoms with Crippen LogP contribution in [0.4, 0.5) is 5.69 Å². The van der Waals surface area contributed by atoms with E-state index in [9.17, 15) is 20.0 Å². The Morgan fingerprint density at radius 1 is 1.56 bits per heavy atom. The Morgan fingerprint density at radius 2 is 2.22 bits per heavy atom. The summed E-state index contributed by atoms with van der Waals surface area (Å²) in [6.07, 6.45) is 1.09. The first-order valence-electron chi connectivity index (χ1n) is 4.72. The number of nitro benzene ring substituents is 1. The highest BCUT2D eigenvalue weighted by Crippen LogP contribution is 2.36. The van der Waals surface area contributed by atoms with E-state index in [2.05, 4.69) is 9.99 Å². The molecule has 1 aromatic carbocycles. The summed E-state index contributed by atoms with van der Waals surface area (Å²) in [7, 11) is 1.26. The molecule has 1 rings (SSSR count). The first-order chi connectivity index (χ1) is 8.45. The van der Waals surface area contributed by atoms with Crippen LogP contribution in [0.3, 0.4) is 0 Å². The number of nitrogens with zero attached hydrogens (tertiary/aromatic N) is 2. The van der Waals surface area contributed by atoms with Crippen molar-refractivity contribution < 1.29 is 24.4 Å². The average molecular weight is 254 g/mol. The lowest BCUT2D eigenvalue weighted by molar-refractivity contribution is -0.386. The largest absolute Gasteiger partial charge is 0.500 e. The van der Waals surface area contributed by atoms with E-state index in [4.69, 9.17) is 4.74 Å². The number of hydrogen-bond acceptors (Lipinski definition) is 7. The predicted molar refractivity (Wildman–Crippen MR) is 60.7 cm³/mol. The van der Waals surface area contributed by atoms with Gasteiger partial charge >= 0.3 is 11.7 Å². The number of phenolic OH excluding ortho intramolecular Hbond substituents is 1. The minimum absolute atomic E-state index is 0.0755. The third-order valence-corrected chi connectivity index (χ3v) is 1.88. The van der Waals surface area contributed by atoms with Crippen LogP contribution in [0.25, 0.3) is 0 Å². The lowest BCUT2D eigenvalue weighted by Crippen LogP contribution is -1.96. The molecule has 0 saturated carbocycles. The van der Waals surface area contributed by atoms with Crippen molar-refractivity contribution in [3.8, 4) is 11.5 Å². The highest BCUT2D eigenvalue weighted by Gasteiger charge is 2.19. The fourth-order valence-electron chi connectivity index (χ4n) is 1.14. The molecule has 1 N–H and O–H groups in total. The number of benzene rings is 1. The average Bonchev–Trinajstić information content (AvgIpc) is 2.30. The monoisotopic (exact) mass is 254 g/mol. The SMILES string of the molecule is COc1cc(C=NOC(C)=O)cc([N+](=O)[O-])c1O. The van der Waals surface area contributed by atoms with Gasteiger partial charge in [-0.2, -0.15) is 0 Å². The molecule has 0 aliphatic carbocycles. The standard InChI is InChI=1S/C10H10N2O6/c1-6(13)18-11-5-7-3-8(12(15)16)10(14)9(4-7)17-2/h3-5,14H,1-2H3. The minimum atomic E-state index is -0.763. The molecule has 0 fully saturated rings. The third-order valence-electron chi connectivity index (χ3n) is 1.88. The van der Waals surface area contributed by atoms with E-state index in [1.807, 2.05) is 0 Å². The van der Waals surface area contributed by atoms with Gasteiger partial charge in [0.05, 0.1) is 18.2 Å². The molecule has 8 nitrogen and oxygen atoms in total. The molecule has 0 aliphatic rings. The van der Waals surface area contributed by atoms with Crippen LogP contribution in [-0.4, -0.2) is 29.3 Å². The van der Waals surface area contributed by atoms with Crippen molar-refractivity contribution in [3.63, 3.8) is 0 Å². The summed E-state index contributed by atoms with van der Waals surface area (Å²) in [5.74, 6) is -1.27. The molecule has 96 valence electrons. The van der Waals surface area contributed by atoms with Crippen LogP contribution in [0.5, 0.6) is 11.5 Å². The highest BCUT2D eigenvalue weighted by molar-refractivity contribution is 5.83. The summed E-state index contributed by atoms with van der Waals surface area (Å²) in [6.45, 7) is 1.16. The summed E-state index contributed by atoms with van der Waals surface area (Å²) >= 11 is 0. The smallest absolute Gasteiger partial charge is 0.331 e. The number of aromatic hydroxyl groups is 1. The summed E-state index contributed by atoms with van der Waals surface area (Å²) in [6, 6.07) is 2.39. The molecule has 18 heavy (non-hydrogen) atoms. The molecular formula is C10H10N2O6. The van der Waals surface area contributed by atoms with Crippen molar-refractivity contribution in [2.45, 2.75) is 6.92 Å². The molecule has 0 heterocycles. The van der Waals surface area contributed by atoms with E-state index in [-0.39, 0.29) is 11.3 Å². The van der Waals surface area contributed by atoms with Gasteiger partial charge in [0.1, 0.15) is 0 Å². The fourth-order valence-corrected chi connectivity index (χ4v) is 1.14. The molecule has 0 amide bonds. The highest BCUT2D eigenvalue weighted by atomic mass is 16.7. The van der Waals surface area contributed by atoms with Gasteiger partial charge in [-0.3, -0.25) is 10.1 Å². The second-order valence-electron chi connectivity index (χ2n) is 3.17. The number of ether oxygens (including phenoxy) is 1. The lowest BCUT2D eigenvalue weighted by Gasteiger charge is -2.04. The van der Waals surface area contributed by atoms with Crippen molar-refractivity contribution in [2.24, 2.45) is 5.16 Å². The van der Waals surface area contributed by atoms with Crippen LogP contribution >= 0.6 is 0 Å². The normalized spacial score (nSPS) is 10.3. The first kappa shape index (κ1) is 13.4. The number of oxime groups is 1. The summed E-state index contributed by atoms with van der Waals surface area (Å²) in [4.78, 5) is 24.7. The molecule has 8 heteroatoms. The maximum Gasteiger partial charge on any atom is 0.331 e. The van der Waals surface area contributed by atoms with E-state index in [1.165, 1.54) is 13.2 Å². The topological polar surface area (TPSA) is 111 Å². The fraction of sp³-hybridized carbons (Fsp3) is 0.200. The first-order valence-corrected chi connectivity index (χ1v) is 4.72. The van der Waals surface area contributed by atoms with Gasteiger partial charge in [-0.1, -0.05) is 5.16 Å².